The molecule has 8 nitrogen and oxygen atoms in total. The second-order valence-corrected chi connectivity index (χ2v) is 5.80. The van der Waals surface area contributed by atoms with Gasteiger partial charge in [-0.05, 0) is 26.1 Å². The summed E-state index contributed by atoms with van der Waals surface area (Å²) in [4.78, 5) is 22.1. The molecule has 1 aliphatic heterocycles. The summed E-state index contributed by atoms with van der Waals surface area (Å²) >= 11 is 0. The van der Waals surface area contributed by atoms with Gasteiger partial charge in [0.1, 0.15) is 17.7 Å². The van der Waals surface area contributed by atoms with Gasteiger partial charge in [0.05, 0.1) is 24.1 Å². The third kappa shape index (κ3) is 2.36. The molecular formula is C15H17N7O. The molecule has 2 aromatic heterocycles. The van der Waals surface area contributed by atoms with E-state index in [2.05, 4.69) is 25.5 Å². The summed E-state index contributed by atoms with van der Waals surface area (Å²) in [6, 6.07) is 7.39. The quantitative estimate of drug-likeness (QED) is 0.734. The van der Waals surface area contributed by atoms with Crippen LogP contribution in [0, 0.1) is 6.92 Å². The van der Waals surface area contributed by atoms with Crippen LogP contribution in [0.1, 0.15) is 11.6 Å². The number of benzene rings is 1. The zero-order valence-electron chi connectivity index (χ0n) is 12.9. The van der Waals surface area contributed by atoms with Crippen LogP contribution in [0.5, 0.6) is 0 Å². The molecule has 118 valence electrons. The maximum absolute atomic E-state index is 12.6. The van der Waals surface area contributed by atoms with E-state index in [1.807, 2.05) is 47.7 Å². The van der Waals surface area contributed by atoms with E-state index >= 15 is 0 Å². The van der Waals surface area contributed by atoms with Gasteiger partial charge < -0.3 is 9.55 Å². The van der Waals surface area contributed by atoms with Crippen molar-refractivity contribution in [1.82, 2.24) is 29.6 Å². The van der Waals surface area contributed by atoms with E-state index in [1.54, 1.807) is 0 Å². The summed E-state index contributed by atoms with van der Waals surface area (Å²) in [7, 11) is 1.91. The Morgan fingerprint density at radius 3 is 3.00 bits per heavy atom. The number of anilines is 1. The predicted molar refractivity (Wildman–Crippen MR) is 84.7 cm³/mol. The van der Waals surface area contributed by atoms with Crippen LogP contribution >= 0.6 is 0 Å². The fourth-order valence-corrected chi connectivity index (χ4v) is 2.92. The number of likely N-dealkylation sites (N-methyl/N-ethyl adjacent to an activating group) is 1. The summed E-state index contributed by atoms with van der Waals surface area (Å²) in [5.41, 5.74) is 1.73. The van der Waals surface area contributed by atoms with Crippen LogP contribution in [-0.4, -0.2) is 48.6 Å². The number of nitrogens with one attached hydrogen (secondary N) is 2. The number of fused-ring (bicyclic) bond motifs is 2. The van der Waals surface area contributed by atoms with E-state index < -0.39 is 0 Å². The van der Waals surface area contributed by atoms with Crippen molar-refractivity contribution in [2.24, 2.45) is 0 Å². The van der Waals surface area contributed by atoms with Gasteiger partial charge in [-0.15, -0.1) is 10.2 Å². The Kier molecular flexibility index (Phi) is 3.12. The molecule has 0 saturated heterocycles. The molecule has 1 amide bonds. The number of amides is 1. The topological polar surface area (TPSA) is 91.7 Å². The number of para-hydroxylation sites is 2. The van der Waals surface area contributed by atoms with Gasteiger partial charge in [0.25, 0.3) is 0 Å². The summed E-state index contributed by atoms with van der Waals surface area (Å²) in [6.07, 6.45) is 0. The average Bonchev–Trinajstić information content (AvgIpc) is 3.09. The second kappa shape index (κ2) is 5.17. The highest BCUT2D eigenvalue weighted by molar-refractivity contribution is 5.94. The predicted octanol–water partition coefficient (Wildman–Crippen LogP) is 0.916. The van der Waals surface area contributed by atoms with Gasteiger partial charge >= 0.3 is 0 Å². The second-order valence-electron chi connectivity index (χ2n) is 5.80. The minimum Gasteiger partial charge on any atom is -0.324 e. The van der Waals surface area contributed by atoms with Crippen molar-refractivity contribution in [2.75, 3.05) is 12.4 Å². The van der Waals surface area contributed by atoms with Gasteiger partial charge in [-0.1, -0.05) is 12.1 Å². The Labute approximate surface area is 132 Å². The summed E-state index contributed by atoms with van der Waals surface area (Å²) < 4.78 is 1.99. The van der Waals surface area contributed by atoms with Gasteiger partial charge in [0, 0.05) is 0 Å². The number of hydrogen-bond donors (Lipinski definition) is 2. The Balaban J connectivity index is 1.56. The molecule has 3 heterocycles. The fraction of sp³-hybridized carbons (Fsp3) is 0.333. The van der Waals surface area contributed by atoms with Crippen molar-refractivity contribution in [3.63, 3.8) is 0 Å². The summed E-state index contributed by atoms with van der Waals surface area (Å²) in [5.74, 6) is 2.09. The monoisotopic (exact) mass is 311 g/mol. The van der Waals surface area contributed by atoms with Gasteiger partial charge in [-0.2, -0.15) is 0 Å². The minimum absolute atomic E-state index is 0.0923. The van der Waals surface area contributed by atoms with Crippen LogP contribution in [0.25, 0.3) is 11.0 Å². The van der Waals surface area contributed by atoms with Crippen LogP contribution in [0.3, 0.4) is 0 Å². The minimum atomic E-state index is -0.287. The molecule has 1 unspecified atom stereocenters. The molecule has 0 bridgehead atoms. The summed E-state index contributed by atoms with van der Waals surface area (Å²) in [6.45, 7) is 3.03. The Morgan fingerprint density at radius 2 is 2.17 bits per heavy atom. The molecule has 8 heteroatoms. The van der Waals surface area contributed by atoms with Crippen LogP contribution < -0.4 is 5.32 Å². The molecule has 23 heavy (non-hydrogen) atoms. The van der Waals surface area contributed by atoms with Gasteiger partial charge in [0.2, 0.25) is 11.9 Å². The Hall–Kier alpha value is -2.74. The first-order valence-electron chi connectivity index (χ1n) is 7.46. The summed E-state index contributed by atoms with van der Waals surface area (Å²) in [5, 5.41) is 11.1. The first-order chi connectivity index (χ1) is 11.1. The van der Waals surface area contributed by atoms with Crippen molar-refractivity contribution < 1.29 is 4.79 Å². The van der Waals surface area contributed by atoms with Gasteiger partial charge in [0.15, 0.2) is 0 Å². The van der Waals surface area contributed by atoms with E-state index in [0.717, 1.165) is 22.7 Å². The largest absolute Gasteiger partial charge is 0.324 e. The first kappa shape index (κ1) is 13.9. The van der Waals surface area contributed by atoms with Crippen molar-refractivity contribution in [3.8, 4) is 0 Å². The zero-order chi connectivity index (χ0) is 16.0. The molecule has 0 spiro atoms. The molecule has 0 fully saturated rings. The van der Waals surface area contributed by atoms with Gasteiger partial charge in [-0.3, -0.25) is 15.0 Å². The molecule has 0 saturated carbocycles. The molecule has 3 aromatic rings. The third-order valence-corrected chi connectivity index (χ3v) is 4.22. The standard InChI is InChI=1S/C15H17N7O/c1-9-19-20-13-8-21(2)12(7-22(9)13)14(23)18-15-16-10-5-3-4-6-11(10)17-15/h3-6,12H,7-8H2,1-2H3,(H2,16,17,18,23). The van der Waals surface area contributed by atoms with Crippen LogP contribution in [-0.2, 0) is 17.9 Å². The lowest BCUT2D eigenvalue weighted by molar-refractivity contribution is -0.122. The van der Waals surface area contributed by atoms with E-state index in [1.165, 1.54) is 0 Å². The van der Waals surface area contributed by atoms with E-state index in [0.29, 0.717) is 19.0 Å². The lowest BCUT2D eigenvalue weighted by Gasteiger charge is -2.31. The maximum Gasteiger partial charge on any atom is 0.245 e. The molecule has 1 aliphatic rings. The zero-order valence-corrected chi connectivity index (χ0v) is 12.9. The number of rotatable bonds is 2. The third-order valence-electron chi connectivity index (χ3n) is 4.22. The molecule has 0 aliphatic carbocycles. The number of carbonyl (C=O) groups excluding carboxylic acids is 1. The Bertz CT molecular complexity index is 848. The highest BCUT2D eigenvalue weighted by Crippen LogP contribution is 2.18. The normalized spacial score (nSPS) is 18.1. The van der Waals surface area contributed by atoms with Gasteiger partial charge in [-0.25, -0.2) is 4.98 Å². The number of hydrogen-bond acceptors (Lipinski definition) is 5. The van der Waals surface area contributed by atoms with Crippen LogP contribution in [0.15, 0.2) is 24.3 Å². The lowest BCUT2D eigenvalue weighted by atomic mass is 10.2. The Morgan fingerprint density at radius 1 is 1.35 bits per heavy atom. The number of H-pyrrole nitrogens is 1. The first-order valence-corrected chi connectivity index (χ1v) is 7.46. The average molecular weight is 311 g/mol. The molecule has 0 radical (unpaired) electrons. The fourth-order valence-electron chi connectivity index (χ4n) is 2.92. The number of imidazole rings is 1. The highest BCUT2D eigenvalue weighted by atomic mass is 16.2. The lowest BCUT2D eigenvalue weighted by Crippen LogP contribution is -2.48. The van der Waals surface area contributed by atoms with Crippen molar-refractivity contribution in [1.29, 1.82) is 0 Å². The maximum atomic E-state index is 12.6. The van der Waals surface area contributed by atoms with E-state index in [-0.39, 0.29) is 11.9 Å². The van der Waals surface area contributed by atoms with Crippen LogP contribution in [0.2, 0.25) is 0 Å². The SMILES string of the molecule is Cc1nnc2n1CC(C(=O)Nc1nc3ccccc3[nH]1)N(C)C2. The van der Waals surface area contributed by atoms with E-state index in [4.69, 9.17) is 0 Å². The molecule has 4 rings (SSSR count). The number of aryl methyl sites for hydroxylation is 1. The molecule has 1 aromatic carbocycles. The van der Waals surface area contributed by atoms with E-state index in [9.17, 15) is 4.79 Å². The number of aromatic nitrogens is 5. The van der Waals surface area contributed by atoms with Crippen molar-refractivity contribution >= 4 is 22.9 Å². The molecule has 1 atom stereocenters. The van der Waals surface area contributed by atoms with Crippen molar-refractivity contribution in [3.05, 3.63) is 35.9 Å². The molecular weight excluding hydrogens is 294 g/mol. The number of carbonyl (C=O) groups is 1. The molecule has 2 N–H and O–H groups in total. The number of aromatic amines is 1. The van der Waals surface area contributed by atoms with Crippen molar-refractivity contribution in [2.45, 2.75) is 26.1 Å². The van der Waals surface area contributed by atoms with Crippen LogP contribution in [0.4, 0.5) is 5.95 Å². The highest BCUT2D eigenvalue weighted by Gasteiger charge is 2.31. The number of nitrogens with zero attached hydrogens (tertiary/aromatic N) is 5. The smallest absolute Gasteiger partial charge is 0.245 e.